The summed E-state index contributed by atoms with van der Waals surface area (Å²) in [4.78, 5) is 25.1. The van der Waals surface area contributed by atoms with Crippen molar-refractivity contribution in [2.24, 2.45) is 5.92 Å². The first-order valence-corrected chi connectivity index (χ1v) is 9.10. The van der Waals surface area contributed by atoms with Crippen LogP contribution in [0.25, 0.3) is 0 Å². The largest absolute Gasteiger partial charge is 0.482 e. The molecule has 1 atom stereocenters. The van der Waals surface area contributed by atoms with E-state index in [1.54, 1.807) is 44.2 Å². The Morgan fingerprint density at radius 3 is 2.34 bits per heavy atom. The van der Waals surface area contributed by atoms with E-state index in [4.69, 9.17) is 16.3 Å². The van der Waals surface area contributed by atoms with Crippen LogP contribution in [-0.4, -0.2) is 30.6 Å². The van der Waals surface area contributed by atoms with E-state index in [1.807, 2.05) is 0 Å². The van der Waals surface area contributed by atoms with Gasteiger partial charge in [0.15, 0.2) is 6.61 Å². The lowest BCUT2D eigenvalue weighted by atomic mass is 10.0. The monoisotopic (exact) mass is 428 g/mol. The van der Waals surface area contributed by atoms with Crippen LogP contribution in [0.2, 0.25) is 5.02 Å². The van der Waals surface area contributed by atoms with Gasteiger partial charge < -0.3 is 15.4 Å². The van der Waals surface area contributed by atoms with Crippen molar-refractivity contribution in [3.05, 3.63) is 59.1 Å². The normalized spacial score (nSPS) is 12.4. The number of anilines is 1. The molecule has 0 saturated carbocycles. The molecule has 0 radical (unpaired) electrons. The van der Waals surface area contributed by atoms with Crippen LogP contribution >= 0.6 is 11.6 Å². The van der Waals surface area contributed by atoms with Crippen LogP contribution in [0.4, 0.5) is 18.9 Å². The predicted octanol–water partition coefficient (Wildman–Crippen LogP) is 4.67. The molecule has 0 bridgehead atoms. The maximum absolute atomic E-state index is 12.7. The molecule has 0 heterocycles. The highest BCUT2D eigenvalue weighted by Crippen LogP contribution is 2.30. The fourth-order valence-electron chi connectivity index (χ4n) is 2.44. The number of alkyl halides is 3. The lowest BCUT2D eigenvalue weighted by Gasteiger charge is -2.23. The Bertz CT molecular complexity index is 858. The van der Waals surface area contributed by atoms with Crippen LogP contribution < -0.4 is 15.4 Å². The van der Waals surface area contributed by atoms with Crippen molar-refractivity contribution in [3.63, 3.8) is 0 Å². The van der Waals surface area contributed by atoms with Gasteiger partial charge in [-0.2, -0.15) is 13.2 Å². The fraction of sp³-hybridized carbons (Fsp3) is 0.300. The summed E-state index contributed by atoms with van der Waals surface area (Å²) in [6, 6.07) is 11.3. The number of carbonyl (C=O) groups excluding carboxylic acids is 2. The minimum absolute atomic E-state index is 0.0219. The van der Waals surface area contributed by atoms with Crippen LogP contribution in [-0.2, 0) is 4.79 Å². The third-order valence-electron chi connectivity index (χ3n) is 3.86. The molecular formula is C20H20ClF3N2O3. The number of carbonyl (C=O) groups is 2. The first kappa shape index (κ1) is 22.5. The highest BCUT2D eigenvalue weighted by atomic mass is 35.5. The predicted molar refractivity (Wildman–Crippen MR) is 104 cm³/mol. The molecule has 0 aliphatic rings. The van der Waals surface area contributed by atoms with Gasteiger partial charge in [0.2, 0.25) is 5.91 Å². The number of halogens is 4. The number of benzene rings is 2. The van der Waals surface area contributed by atoms with E-state index < -0.39 is 30.6 Å². The van der Waals surface area contributed by atoms with Gasteiger partial charge in [0.25, 0.3) is 5.91 Å². The van der Waals surface area contributed by atoms with Gasteiger partial charge in [-0.25, -0.2) is 0 Å². The molecule has 0 spiro atoms. The number of amides is 2. The van der Waals surface area contributed by atoms with Crippen molar-refractivity contribution < 1.29 is 27.5 Å². The molecule has 0 fully saturated rings. The highest BCUT2D eigenvalue weighted by molar-refractivity contribution is 6.31. The van der Waals surface area contributed by atoms with Crippen molar-refractivity contribution >= 4 is 29.1 Å². The molecule has 2 amide bonds. The summed E-state index contributed by atoms with van der Waals surface area (Å²) < 4.78 is 42.2. The van der Waals surface area contributed by atoms with E-state index in [-0.39, 0.29) is 22.4 Å². The first-order valence-electron chi connectivity index (χ1n) is 8.72. The maximum atomic E-state index is 12.7. The Morgan fingerprint density at radius 1 is 1.10 bits per heavy atom. The lowest BCUT2D eigenvalue weighted by Crippen LogP contribution is -2.47. The van der Waals surface area contributed by atoms with Crippen LogP contribution in [0.5, 0.6) is 5.75 Å². The molecule has 0 aliphatic carbocycles. The second-order valence-electron chi connectivity index (χ2n) is 6.59. The Morgan fingerprint density at radius 2 is 1.76 bits per heavy atom. The number of nitrogens with one attached hydrogen (secondary N) is 2. The number of rotatable bonds is 7. The van der Waals surface area contributed by atoms with E-state index in [0.717, 1.165) is 0 Å². The molecule has 1 unspecified atom stereocenters. The number of hydrogen-bond acceptors (Lipinski definition) is 3. The third kappa shape index (κ3) is 6.98. The van der Waals surface area contributed by atoms with Gasteiger partial charge in [0.1, 0.15) is 11.8 Å². The van der Waals surface area contributed by atoms with E-state index >= 15 is 0 Å². The molecule has 2 N–H and O–H groups in total. The minimum Gasteiger partial charge on any atom is -0.482 e. The van der Waals surface area contributed by atoms with Gasteiger partial charge in [-0.3, -0.25) is 9.59 Å². The zero-order chi connectivity index (χ0) is 21.6. The summed E-state index contributed by atoms with van der Waals surface area (Å²) in [5.41, 5.74) is 0.356. The minimum atomic E-state index is -4.54. The summed E-state index contributed by atoms with van der Waals surface area (Å²) in [6.07, 6.45) is -4.54. The average Bonchev–Trinajstić information content (AvgIpc) is 2.64. The smallest absolute Gasteiger partial charge is 0.422 e. The quantitative estimate of drug-likeness (QED) is 0.673. The van der Waals surface area contributed by atoms with Crippen LogP contribution in [0.3, 0.4) is 0 Å². The highest BCUT2D eigenvalue weighted by Gasteiger charge is 2.30. The molecule has 2 rings (SSSR count). The molecule has 0 saturated heterocycles. The lowest BCUT2D eigenvalue weighted by molar-refractivity contribution is -0.153. The Balaban J connectivity index is 2.17. The van der Waals surface area contributed by atoms with Crippen LogP contribution in [0.1, 0.15) is 24.2 Å². The SMILES string of the molecule is CC(C)C(NC(=O)c1ccccc1)C(=O)Nc1cc(Cl)ccc1OCC(F)(F)F. The van der Waals surface area contributed by atoms with Gasteiger partial charge in [0.05, 0.1) is 5.69 Å². The molecule has 0 aromatic heterocycles. The second kappa shape index (κ2) is 9.65. The van der Waals surface area contributed by atoms with Gasteiger partial charge in [-0.15, -0.1) is 0 Å². The standard InChI is InChI=1S/C20H20ClF3N2O3/c1-12(2)17(26-18(27)13-6-4-3-5-7-13)19(28)25-15-10-14(21)8-9-16(15)29-11-20(22,23)24/h3-10,12,17H,11H2,1-2H3,(H,25,28)(H,26,27). The Kier molecular flexibility index (Phi) is 7.50. The van der Waals surface area contributed by atoms with Crippen molar-refractivity contribution in [3.8, 4) is 5.75 Å². The molecule has 9 heteroatoms. The Labute approximate surface area is 171 Å². The molecule has 2 aromatic carbocycles. The first-order chi connectivity index (χ1) is 13.6. The summed E-state index contributed by atoms with van der Waals surface area (Å²) in [5.74, 6) is -1.53. The molecule has 5 nitrogen and oxygen atoms in total. The van der Waals surface area contributed by atoms with Crippen molar-refractivity contribution in [2.45, 2.75) is 26.1 Å². The van der Waals surface area contributed by atoms with Crippen molar-refractivity contribution in [1.29, 1.82) is 0 Å². The Hall–Kier alpha value is -2.74. The van der Waals surface area contributed by atoms with Gasteiger partial charge in [0, 0.05) is 10.6 Å². The van der Waals surface area contributed by atoms with Gasteiger partial charge >= 0.3 is 6.18 Å². The molecular weight excluding hydrogens is 409 g/mol. The second-order valence-corrected chi connectivity index (χ2v) is 7.03. The third-order valence-corrected chi connectivity index (χ3v) is 4.10. The van der Waals surface area contributed by atoms with Crippen LogP contribution in [0.15, 0.2) is 48.5 Å². The van der Waals surface area contributed by atoms with Crippen LogP contribution in [0, 0.1) is 5.92 Å². The van der Waals surface area contributed by atoms with Gasteiger partial charge in [-0.05, 0) is 36.2 Å². The van der Waals surface area contributed by atoms with Crippen molar-refractivity contribution in [1.82, 2.24) is 5.32 Å². The summed E-state index contributed by atoms with van der Waals surface area (Å²) in [5, 5.41) is 5.34. The topological polar surface area (TPSA) is 67.4 Å². The number of hydrogen-bond donors (Lipinski definition) is 2. The van der Waals surface area contributed by atoms with Crippen molar-refractivity contribution in [2.75, 3.05) is 11.9 Å². The average molecular weight is 429 g/mol. The molecule has 29 heavy (non-hydrogen) atoms. The van der Waals surface area contributed by atoms with E-state index in [2.05, 4.69) is 10.6 Å². The molecule has 2 aromatic rings. The zero-order valence-electron chi connectivity index (χ0n) is 15.7. The summed E-state index contributed by atoms with van der Waals surface area (Å²) in [7, 11) is 0. The van der Waals surface area contributed by atoms with E-state index in [0.29, 0.717) is 5.56 Å². The summed E-state index contributed by atoms with van der Waals surface area (Å²) in [6.45, 7) is 1.94. The van der Waals surface area contributed by atoms with E-state index in [1.165, 1.54) is 18.2 Å². The maximum Gasteiger partial charge on any atom is 0.422 e. The number of ether oxygens (including phenoxy) is 1. The van der Waals surface area contributed by atoms with E-state index in [9.17, 15) is 22.8 Å². The summed E-state index contributed by atoms with van der Waals surface area (Å²) >= 11 is 5.90. The molecule has 0 aliphatic heterocycles. The molecule has 156 valence electrons. The zero-order valence-corrected chi connectivity index (χ0v) is 16.5. The fourth-order valence-corrected chi connectivity index (χ4v) is 2.62. The van der Waals surface area contributed by atoms with Gasteiger partial charge in [-0.1, -0.05) is 43.6 Å².